The van der Waals surface area contributed by atoms with Crippen molar-refractivity contribution >= 4 is 68.8 Å². The van der Waals surface area contributed by atoms with Crippen molar-refractivity contribution in [2.45, 2.75) is 0 Å². The van der Waals surface area contributed by atoms with E-state index in [0.29, 0.717) is 5.69 Å². The Balaban J connectivity index is 1.17. The van der Waals surface area contributed by atoms with Gasteiger partial charge in [-0.15, -0.1) is 22.7 Å². The van der Waals surface area contributed by atoms with E-state index in [2.05, 4.69) is 126 Å². The van der Waals surface area contributed by atoms with Crippen molar-refractivity contribution < 1.29 is 0 Å². The zero-order valence-electron chi connectivity index (χ0n) is 24.4. The van der Waals surface area contributed by atoms with Gasteiger partial charge in [0.25, 0.3) is 0 Å². The van der Waals surface area contributed by atoms with Crippen LogP contribution in [-0.4, -0.2) is 9.97 Å². The van der Waals surface area contributed by atoms with Crippen molar-refractivity contribution in [3.8, 4) is 44.9 Å². The average molecular weight is 622 g/mol. The van der Waals surface area contributed by atoms with Gasteiger partial charge in [-0.05, 0) is 57.3 Å². The number of hydrogen-bond donors (Lipinski definition) is 0. The molecule has 0 amide bonds. The number of benzene rings is 6. The van der Waals surface area contributed by atoms with Gasteiger partial charge in [-0.2, -0.15) is 0 Å². The van der Waals surface area contributed by atoms with Crippen molar-refractivity contribution in [2.75, 3.05) is 0 Å². The van der Waals surface area contributed by atoms with Crippen LogP contribution in [0.3, 0.4) is 0 Å². The van der Waals surface area contributed by atoms with E-state index in [1.165, 1.54) is 30.6 Å². The molecule has 0 aliphatic heterocycles. The highest BCUT2D eigenvalue weighted by molar-refractivity contribution is 7.26. The Morgan fingerprint density at radius 2 is 1.13 bits per heavy atom. The van der Waals surface area contributed by atoms with Crippen LogP contribution in [-0.2, 0) is 0 Å². The van der Waals surface area contributed by atoms with Crippen LogP contribution < -0.4 is 0 Å². The van der Waals surface area contributed by atoms with E-state index in [-0.39, 0.29) is 0 Å². The predicted octanol–water partition coefficient (Wildman–Crippen LogP) is 12.4. The molecular weight excluding hydrogens is 599 g/mol. The predicted molar refractivity (Wildman–Crippen MR) is 196 cm³/mol. The number of rotatable bonds is 4. The maximum absolute atomic E-state index is 7.46. The summed E-state index contributed by atoms with van der Waals surface area (Å²) < 4.78 is 4.76. The smallest absolute Gasteiger partial charge is 0.187 e. The minimum absolute atomic E-state index is 0.672. The molecule has 3 aromatic heterocycles. The Labute approximate surface area is 273 Å². The third-order valence-electron chi connectivity index (χ3n) is 8.50. The Bertz CT molecular complexity index is 2660. The summed E-state index contributed by atoms with van der Waals surface area (Å²) in [5, 5.41) is 3.50. The van der Waals surface area contributed by atoms with Gasteiger partial charge < -0.3 is 0 Å². The second-order valence-corrected chi connectivity index (χ2v) is 13.4. The first-order chi connectivity index (χ1) is 22.7. The summed E-state index contributed by atoms with van der Waals surface area (Å²) >= 11 is 3.54. The molecule has 3 heterocycles. The Hall–Kier alpha value is -5.67. The fourth-order valence-electron chi connectivity index (χ4n) is 6.30. The van der Waals surface area contributed by atoms with E-state index in [4.69, 9.17) is 16.5 Å². The minimum Gasteiger partial charge on any atom is -0.238 e. The molecule has 0 fully saturated rings. The van der Waals surface area contributed by atoms with Crippen LogP contribution in [0.15, 0.2) is 140 Å². The summed E-state index contributed by atoms with van der Waals surface area (Å²) in [5.74, 6) is 0.724. The van der Waals surface area contributed by atoms with E-state index >= 15 is 0 Å². The zero-order valence-corrected chi connectivity index (χ0v) is 26.1. The fraction of sp³-hybridized carbons (Fsp3) is 0. The first-order valence-corrected chi connectivity index (χ1v) is 16.7. The van der Waals surface area contributed by atoms with Gasteiger partial charge in [0, 0.05) is 30.6 Å². The van der Waals surface area contributed by atoms with Crippen molar-refractivity contribution in [3.05, 3.63) is 151 Å². The monoisotopic (exact) mass is 621 g/mol. The quantitative estimate of drug-likeness (QED) is 0.183. The minimum atomic E-state index is 0.672. The molecule has 0 aliphatic carbocycles. The largest absolute Gasteiger partial charge is 0.238 e. The standard InChI is InChI=1S/C41H23N3S2/c1-42-30-20-21-36-34(24-30)32-18-9-17-31(39(32)45-36)28-14-7-12-26(22-28)27-13-8-15-29(23-27)41-43-37(25-10-3-2-4-11-25)40-38(44-41)33-16-5-6-19-35(33)46-40/h2-24H. The van der Waals surface area contributed by atoms with E-state index < -0.39 is 0 Å². The third kappa shape index (κ3) is 4.39. The SMILES string of the molecule is [C-]#[N+]c1ccc2sc3c(-c4cccc(-c5cccc(-c6nc(-c7ccccc7)c7sc8ccccc8c7n6)c5)c4)cccc3c2c1. The third-order valence-corrected chi connectivity index (χ3v) is 10.9. The summed E-state index contributed by atoms with van der Waals surface area (Å²) in [4.78, 5) is 14.0. The Morgan fingerprint density at radius 1 is 0.478 bits per heavy atom. The number of thiophene rings is 2. The van der Waals surface area contributed by atoms with Crippen LogP contribution in [0.1, 0.15) is 0 Å². The molecule has 0 radical (unpaired) electrons. The van der Waals surface area contributed by atoms with Crippen LogP contribution >= 0.6 is 22.7 Å². The number of aromatic nitrogens is 2. The van der Waals surface area contributed by atoms with E-state index in [9.17, 15) is 0 Å². The molecule has 0 saturated heterocycles. The van der Waals surface area contributed by atoms with E-state index in [1.54, 1.807) is 22.7 Å². The molecule has 5 heteroatoms. The topological polar surface area (TPSA) is 30.1 Å². The normalized spacial score (nSPS) is 11.5. The lowest BCUT2D eigenvalue weighted by Gasteiger charge is -2.10. The summed E-state index contributed by atoms with van der Waals surface area (Å²) in [6, 6.07) is 48.7. The molecule has 46 heavy (non-hydrogen) atoms. The molecule has 0 bridgehead atoms. The van der Waals surface area contributed by atoms with E-state index in [1.807, 2.05) is 18.2 Å². The van der Waals surface area contributed by atoms with Gasteiger partial charge in [0.05, 0.1) is 22.5 Å². The summed E-state index contributed by atoms with van der Waals surface area (Å²) in [5.41, 5.74) is 9.33. The number of nitrogens with zero attached hydrogens (tertiary/aromatic N) is 3. The Morgan fingerprint density at radius 3 is 1.98 bits per heavy atom. The first kappa shape index (κ1) is 26.7. The summed E-state index contributed by atoms with van der Waals surface area (Å²) in [7, 11) is 0. The van der Waals surface area contributed by atoms with Gasteiger partial charge in [0.1, 0.15) is 0 Å². The van der Waals surface area contributed by atoms with Crippen LogP contribution in [0.4, 0.5) is 5.69 Å². The highest BCUT2D eigenvalue weighted by Gasteiger charge is 2.17. The molecule has 6 aromatic carbocycles. The van der Waals surface area contributed by atoms with Gasteiger partial charge in [-0.1, -0.05) is 115 Å². The summed E-state index contributed by atoms with van der Waals surface area (Å²) in [6.07, 6.45) is 0. The lowest BCUT2D eigenvalue weighted by atomic mass is 9.97. The molecule has 0 unspecified atom stereocenters. The van der Waals surface area contributed by atoms with Gasteiger partial charge in [-0.25, -0.2) is 14.8 Å². The maximum atomic E-state index is 7.46. The molecular formula is C41H23N3S2. The fourth-order valence-corrected chi connectivity index (χ4v) is 8.67. The zero-order chi connectivity index (χ0) is 30.6. The first-order valence-electron chi connectivity index (χ1n) is 15.0. The van der Waals surface area contributed by atoms with Crippen LogP contribution in [0.25, 0.3) is 90.2 Å². The highest BCUT2D eigenvalue weighted by atomic mass is 32.1. The van der Waals surface area contributed by atoms with Gasteiger partial charge >= 0.3 is 0 Å². The van der Waals surface area contributed by atoms with Gasteiger partial charge in [-0.3, -0.25) is 0 Å². The Kier molecular flexibility index (Phi) is 6.24. The number of fused-ring (bicyclic) bond motifs is 6. The second kappa shape index (κ2) is 10.7. The average Bonchev–Trinajstić information content (AvgIpc) is 3.70. The molecule has 0 aliphatic rings. The molecule has 0 spiro atoms. The van der Waals surface area contributed by atoms with Gasteiger partial charge in [0.2, 0.25) is 0 Å². The highest BCUT2D eigenvalue weighted by Crippen LogP contribution is 2.42. The molecule has 3 nitrogen and oxygen atoms in total. The molecule has 0 atom stereocenters. The second-order valence-electron chi connectivity index (χ2n) is 11.3. The lowest BCUT2D eigenvalue weighted by molar-refractivity contribution is 1.24. The lowest BCUT2D eigenvalue weighted by Crippen LogP contribution is -1.94. The molecule has 0 saturated carbocycles. The van der Waals surface area contributed by atoms with Gasteiger partial charge in [0.15, 0.2) is 11.5 Å². The van der Waals surface area contributed by atoms with Crippen LogP contribution in [0.5, 0.6) is 0 Å². The van der Waals surface area contributed by atoms with Crippen molar-refractivity contribution in [1.29, 1.82) is 0 Å². The van der Waals surface area contributed by atoms with Crippen molar-refractivity contribution in [1.82, 2.24) is 9.97 Å². The van der Waals surface area contributed by atoms with Crippen LogP contribution in [0, 0.1) is 6.57 Å². The summed E-state index contributed by atoms with van der Waals surface area (Å²) in [6.45, 7) is 7.46. The van der Waals surface area contributed by atoms with Crippen molar-refractivity contribution in [2.24, 2.45) is 0 Å². The number of hydrogen-bond acceptors (Lipinski definition) is 4. The molecule has 9 aromatic rings. The van der Waals surface area contributed by atoms with Crippen molar-refractivity contribution in [3.63, 3.8) is 0 Å². The molecule has 214 valence electrons. The molecule has 0 N–H and O–H groups in total. The van der Waals surface area contributed by atoms with Crippen LogP contribution in [0.2, 0.25) is 0 Å². The molecule has 9 rings (SSSR count). The maximum Gasteiger partial charge on any atom is 0.187 e. The van der Waals surface area contributed by atoms with E-state index in [0.717, 1.165) is 54.8 Å².